The molecule has 0 fully saturated rings. The fourth-order valence-corrected chi connectivity index (χ4v) is 1.47. The lowest BCUT2D eigenvalue weighted by Gasteiger charge is -2.24. The van der Waals surface area contributed by atoms with Gasteiger partial charge in [0.2, 0.25) is 0 Å². The molecule has 1 aromatic rings. The second-order valence-electron chi connectivity index (χ2n) is 5.67. The minimum Gasteiger partial charge on any atom is -0.489 e. The minimum absolute atomic E-state index is 0.0491. The van der Waals surface area contributed by atoms with Crippen LogP contribution in [0.25, 0.3) is 0 Å². The Morgan fingerprint density at radius 2 is 1.91 bits per heavy atom. The lowest BCUT2D eigenvalue weighted by Crippen LogP contribution is -2.36. The maximum Gasteiger partial charge on any atom is 0.410 e. The third-order valence-corrected chi connectivity index (χ3v) is 2.57. The molecule has 0 aliphatic carbocycles. The zero-order valence-electron chi connectivity index (χ0n) is 13.0. The van der Waals surface area contributed by atoms with Crippen LogP contribution in [0.15, 0.2) is 12.1 Å². The van der Waals surface area contributed by atoms with Crippen LogP contribution < -0.4 is 4.74 Å². The number of halogens is 2. The van der Waals surface area contributed by atoms with Crippen molar-refractivity contribution < 1.29 is 27.8 Å². The van der Waals surface area contributed by atoms with Crippen molar-refractivity contribution in [3.8, 4) is 5.75 Å². The minimum atomic E-state index is -0.869. The Kier molecular flexibility index (Phi) is 5.84. The van der Waals surface area contributed by atoms with E-state index in [-0.39, 0.29) is 30.8 Å². The standard InChI is InChI=1S/C15H19F2NO4/c1-15(2,3)22-14(20)18(4)5-6-21-13-8-11(16)10(9-19)7-12(13)17/h7-9H,5-6H2,1-4H3. The molecule has 0 aromatic heterocycles. The summed E-state index contributed by atoms with van der Waals surface area (Å²) in [4.78, 5) is 23.4. The maximum atomic E-state index is 13.6. The van der Waals surface area contributed by atoms with E-state index < -0.39 is 23.3 Å². The highest BCUT2D eigenvalue weighted by molar-refractivity contribution is 5.75. The molecule has 0 atom stereocenters. The smallest absolute Gasteiger partial charge is 0.410 e. The summed E-state index contributed by atoms with van der Waals surface area (Å²) >= 11 is 0. The van der Waals surface area contributed by atoms with Gasteiger partial charge in [0.05, 0.1) is 12.1 Å². The SMILES string of the molecule is CN(CCOc1cc(F)c(C=O)cc1F)C(=O)OC(C)(C)C. The molecule has 1 rings (SSSR count). The number of hydrogen-bond acceptors (Lipinski definition) is 4. The Hall–Kier alpha value is -2.18. The van der Waals surface area contributed by atoms with Gasteiger partial charge in [-0.25, -0.2) is 13.6 Å². The Labute approximate surface area is 127 Å². The summed E-state index contributed by atoms with van der Waals surface area (Å²) in [6, 6.07) is 1.56. The lowest BCUT2D eigenvalue weighted by molar-refractivity contribution is 0.0277. The summed E-state index contributed by atoms with van der Waals surface area (Å²) in [6.07, 6.45) is -0.322. The fraction of sp³-hybridized carbons (Fsp3) is 0.467. The van der Waals surface area contributed by atoms with Gasteiger partial charge in [0.15, 0.2) is 17.9 Å². The monoisotopic (exact) mass is 315 g/mol. The Bertz CT molecular complexity index is 555. The van der Waals surface area contributed by atoms with Crippen LogP contribution in [0.1, 0.15) is 31.1 Å². The van der Waals surface area contributed by atoms with Crippen molar-refractivity contribution in [3.05, 3.63) is 29.3 Å². The summed E-state index contributed by atoms with van der Waals surface area (Å²) in [6.45, 7) is 5.30. The number of hydrogen-bond donors (Lipinski definition) is 0. The summed E-state index contributed by atoms with van der Waals surface area (Å²) in [5, 5.41) is 0. The van der Waals surface area contributed by atoms with E-state index in [1.54, 1.807) is 20.8 Å². The van der Waals surface area contributed by atoms with E-state index in [2.05, 4.69) is 0 Å². The molecule has 122 valence electrons. The highest BCUT2D eigenvalue weighted by atomic mass is 19.1. The first-order valence-electron chi connectivity index (χ1n) is 6.65. The molecule has 0 bridgehead atoms. The van der Waals surface area contributed by atoms with E-state index in [0.29, 0.717) is 0 Å². The van der Waals surface area contributed by atoms with Crippen molar-refractivity contribution >= 4 is 12.4 Å². The molecule has 0 saturated heterocycles. The molecule has 1 aromatic carbocycles. The molecule has 22 heavy (non-hydrogen) atoms. The predicted molar refractivity (Wildman–Crippen MR) is 76.1 cm³/mol. The molecule has 0 radical (unpaired) electrons. The number of likely N-dealkylation sites (N-methyl/N-ethyl adjacent to an activating group) is 1. The maximum absolute atomic E-state index is 13.6. The molecule has 1 amide bonds. The molecular weight excluding hydrogens is 296 g/mol. The number of carbonyl (C=O) groups is 2. The third kappa shape index (κ3) is 5.31. The second-order valence-corrected chi connectivity index (χ2v) is 5.67. The normalized spacial score (nSPS) is 11.0. The Morgan fingerprint density at radius 1 is 1.27 bits per heavy atom. The van der Waals surface area contributed by atoms with Crippen LogP contribution in [-0.2, 0) is 4.74 Å². The van der Waals surface area contributed by atoms with Crippen LogP contribution in [0.3, 0.4) is 0 Å². The number of nitrogens with zero attached hydrogens (tertiary/aromatic N) is 1. The molecule has 0 aliphatic rings. The van der Waals surface area contributed by atoms with E-state index in [0.717, 1.165) is 12.1 Å². The Balaban J connectivity index is 2.56. The van der Waals surface area contributed by atoms with Crippen molar-refractivity contribution in [2.24, 2.45) is 0 Å². The van der Waals surface area contributed by atoms with Crippen LogP contribution in [0.4, 0.5) is 13.6 Å². The van der Waals surface area contributed by atoms with Crippen LogP contribution in [0, 0.1) is 11.6 Å². The molecule has 0 aliphatic heterocycles. The second kappa shape index (κ2) is 7.20. The van der Waals surface area contributed by atoms with Gasteiger partial charge in [0.1, 0.15) is 18.0 Å². The highest BCUT2D eigenvalue weighted by Gasteiger charge is 2.19. The van der Waals surface area contributed by atoms with Crippen LogP contribution in [-0.4, -0.2) is 43.1 Å². The van der Waals surface area contributed by atoms with Crippen molar-refractivity contribution in [2.75, 3.05) is 20.2 Å². The van der Waals surface area contributed by atoms with Gasteiger partial charge in [-0.3, -0.25) is 4.79 Å². The quantitative estimate of drug-likeness (QED) is 0.784. The zero-order chi connectivity index (χ0) is 16.9. The molecule has 0 heterocycles. The third-order valence-electron chi connectivity index (χ3n) is 2.57. The zero-order valence-corrected chi connectivity index (χ0v) is 13.0. The predicted octanol–water partition coefficient (Wildman–Crippen LogP) is 3.02. The van der Waals surface area contributed by atoms with Gasteiger partial charge >= 0.3 is 6.09 Å². The van der Waals surface area contributed by atoms with Crippen molar-refractivity contribution in [3.63, 3.8) is 0 Å². The topological polar surface area (TPSA) is 55.8 Å². The van der Waals surface area contributed by atoms with E-state index in [9.17, 15) is 18.4 Å². The molecule has 0 N–H and O–H groups in total. The number of ether oxygens (including phenoxy) is 2. The first kappa shape index (κ1) is 17.9. The van der Waals surface area contributed by atoms with Gasteiger partial charge in [0.25, 0.3) is 0 Å². The molecular formula is C15H19F2NO4. The number of rotatable bonds is 5. The van der Waals surface area contributed by atoms with Crippen molar-refractivity contribution in [1.82, 2.24) is 4.90 Å². The van der Waals surface area contributed by atoms with Crippen molar-refractivity contribution in [1.29, 1.82) is 0 Å². The molecule has 5 nitrogen and oxygen atoms in total. The van der Waals surface area contributed by atoms with E-state index in [1.807, 2.05) is 0 Å². The molecule has 0 unspecified atom stereocenters. The van der Waals surface area contributed by atoms with Gasteiger partial charge < -0.3 is 14.4 Å². The first-order valence-corrected chi connectivity index (χ1v) is 6.65. The van der Waals surface area contributed by atoms with E-state index in [4.69, 9.17) is 9.47 Å². The summed E-state index contributed by atoms with van der Waals surface area (Å²) < 4.78 is 37.2. The van der Waals surface area contributed by atoms with E-state index in [1.165, 1.54) is 11.9 Å². The largest absolute Gasteiger partial charge is 0.489 e. The van der Waals surface area contributed by atoms with Gasteiger partial charge in [-0.15, -0.1) is 0 Å². The van der Waals surface area contributed by atoms with Crippen LogP contribution >= 0.6 is 0 Å². The van der Waals surface area contributed by atoms with Gasteiger partial charge in [-0.2, -0.15) is 0 Å². The van der Waals surface area contributed by atoms with Gasteiger partial charge in [-0.05, 0) is 26.8 Å². The number of carbonyl (C=O) groups excluding carboxylic acids is 2. The molecule has 7 heteroatoms. The summed E-state index contributed by atoms with van der Waals surface area (Å²) in [5.74, 6) is -2.03. The number of benzene rings is 1. The summed E-state index contributed by atoms with van der Waals surface area (Å²) in [7, 11) is 1.50. The average Bonchev–Trinajstić information content (AvgIpc) is 2.40. The van der Waals surface area contributed by atoms with Crippen LogP contribution in [0.5, 0.6) is 5.75 Å². The van der Waals surface area contributed by atoms with Gasteiger partial charge in [0, 0.05) is 13.1 Å². The van der Waals surface area contributed by atoms with Gasteiger partial charge in [-0.1, -0.05) is 0 Å². The highest BCUT2D eigenvalue weighted by Crippen LogP contribution is 2.20. The van der Waals surface area contributed by atoms with E-state index >= 15 is 0 Å². The fourth-order valence-electron chi connectivity index (χ4n) is 1.47. The molecule has 0 saturated carbocycles. The molecule has 0 spiro atoms. The summed E-state index contributed by atoms with van der Waals surface area (Å²) in [5.41, 5.74) is -0.998. The van der Waals surface area contributed by atoms with Crippen molar-refractivity contribution in [2.45, 2.75) is 26.4 Å². The Morgan fingerprint density at radius 3 is 2.45 bits per heavy atom. The van der Waals surface area contributed by atoms with Crippen LogP contribution in [0.2, 0.25) is 0 Å². The average molecular weight is 315 g/mol. The lowest BCUT2D eigenvalue weighted by atomic mass is 10.2. The first-order chi connectivity index (χ1) is 10.1. The number of amides is 1. The number of aldehydes is 1.